The number of carboxylic acids is 1. The molecule has 1 aromatic heterocycles. The zero-order chi connectivity index (χ0) is 18.2. The molecule has 6 heteroatoms. The number of aromatic hydroxyl groups is 1. The zero-order valence-corrected chi connectivity index (χ0v) is 14.5. The average Bonchev–Trinajstić information content (AvgIpc) is 2.56. The van der Waals surface area contributed by atoms with E-state index in [4.69, 9.17) is 15.3 Å². The predicted molar refractivity (Wildman–Crippen MR) is 92.0 cm³/mol. The first kappa shape index (κ1) is 22.2. The number of aliphatic carboxylic acids is 1. The topological polar surface area (TPSA) is 108 Å². The van der Waals surface area contributed by atoms with E-state index in [1.165, 1.54) is 44.9 Å². The normalized spacial score (nSPS) is 10.1. The summed E-state index contributed by atoms with van der Waals surface area (Å²) in [6.45, 7) is 1.89. The van der Waals surface area contributed by atoms with Gasteiger partial charge < -0.3 is 19.7 Å². The fourth-order valence-electron chi connectivity index (χ4n) is 2.11. The van der Waals surface area contributed by atoms with E-state index in [-0.39, 0.29) is 12.4 Å². The Morgan fingerprint density at radius 3 is 2.04 bits per heavy atom. The maximum absolute atomic E-state index is 10.6. The van der Waals surface area contributed by atoms with E-state index < -0.39 is 17.1 Å². The summed E-state index contributed by atoms with van der Waals surface area (Å²) in [6.07, 6.45) is 12.4. The van der Waals surface area contributed by atoms with Gasteiger partial charge >= 0.3 is 5.97 Å². The first-order chi connectivity index (χ1) is 11.5. The smallest absolute Gasteiger partial charge is 0.303 e. The molecule has 0 radical (unpaired) electrons. The van der Waals surface area contributed by atoms with Crippen LogP contribution in [0.3, 0.4) is 0 Å². The van der Waals surface area contributed by atoms with Crippen molar-refractivity contribution in [2.24, 2.45) is 0 Å². The first-order valence-electron chi connectivity index (χ1n) is 8.64. The van der Waals surface area contributed by atoms with Crippen molar-refractivity contribution in [2.45, 2.75) is 77.7 Å². The molecule has 1 rings (SSSR count). The lowest BCUT2D eigenvalue weighted by molar-refractivity contribution is -0.137. The number of aliphatic hydroxyl groups is 1. The quantitative estimate of drug-likeness (QED) is 0.527. The number of hydrogen-bond acceptors (Lipinski definition) is 5. The highest BCUT2D eigenvalue weighted by atomic mass is 16.4. The Kier molecular flexibility index (Phi) is 13.6. The number of carboxylic acid groups (broad SMARTS) is 1. The molecule has 0 unspecified atom stereocenters. The summed E-state index contributed by atoms with van der Waals surface area (Å²) in [5.41, 5.74) is -0.546. The first-order valence-corrected chi connectivity index (χ1v) is 8.64. The number of hydrogen-bond donors (Lipinski definition) is 3. The van der Waals surface area contributed by atoms with Crippen LogP contribution in [0.2, 0.25) is 0 Å². The molecule has 3 N–H and O–H groups in total. The van der Waals surface area contributed by atoms with Crippen LogP contribution >= 0.6 is 0 Å². The van der Waals surface area contributed by atoms with Crippen LogP contribution in [-0.4, -0.2) is 21.3 Å². The van der Waals surface area contributed by atoms with Crippen LogP contribution in [0.15, 0.2) is 21.5 Å². The Hall–Kier alpha value is -1.82. The second-order valence-electron chi connectivity index (χ2n) is 5.73. The number of carbonyl (C=O) groups is 1. The van der Waals surface area contributed by atoms with E-state index in [2.05, 4.69) is 11.3 Å². The minimum absolute atomic E-state index is 0.141. The summed E-state index contributed by atoms with van der Waals surface area (Å²) in [5, 5.41) is 25.5. The monoisotopic (exact) mass is 342 g/mol. The fraction of sp³-hybridized carbons (Fsp3) is 0.667. The van der Waals surface area contributed by atoms with Gasteiger partial charge in [-0.15, -0.1) is 0 Å². The van der Waals surface area contributed by atoms with E-state index in [0.717, 1.165) is 25.2 Å². The van der Waals surface area contributed by atoms with Crippen LogP contribution in [0.1, 0.15) is 76.9 Å². The summed E-state index contributed by atoms with van der Waals surface area (Å²) in [4.78, 5) is 20.8. The highest BCUT2D eigenvalue weighted by molar-refractivity contribution is 5.66. The average molecular weight is 342 g/mol. The van der Waals surface area contributed by atoms with Crippen LogP contribution in [0.5, 0.6) is 5.75 Å². The van der Waals surface area contributed by atoms with Gasteiger partial charge in [-0.2, -0.15) is 0 Å². The van der Waals surface area contributed by atoms with Crippen LogP contribution in [0.4, 0.5) is 0 Å². The van der Waals surface area contributed by atoms with Gasteiger partial charge in [-0.25, -0.2) is 0 Å². The third-order valence-electron chi connectivity index (χ3n) is 3.52. The van der Waals surface area contributed by atoms with E-state index >= 15 is 0 Å². The van der Waals surface area contributed by atoms with Gasteiger partial charge in [0, 0.05) is 12.5 Å². The van der Waals surface area contributed by atoms with Gasteiger partial charge in [-0.3, -0.25) is 9.59 Å². The fourth-order valence-corrected chi connectivity index (χ4v) is 2.11. The minimum Gasteiger partial charge on any atom is -0.502 e. The molecule has 0 atom stereocenters. The lowest BCUT2D eigenvalue weighted by Gasteiger charge is -2.00. The molecule has 1 aromatic rings. The SMILES string of the molecule is CCCCCCCCCCCC(=O)O.O=c1cc(CO)occ1O. The maximum atomic E-state index is 10.6. The van der Waals surface area contributed by atoms with Gasteiger partial charge in [-0.05, 0) is 6.42 Å². The van der Waals surface area contributed by atoms with Gasteiger partial charge in [0.25, 0.3) is 0 Å². The van der Waals surface area contributed by atoms with Crippen molar-refractivity contribution in [1.29, 1.82) is 0 Å². The Balaban J connectivity index is 0.000000463. The Labute approximate surface area is 143 Å². The van der Waals surface area contributed by atoms with Crippen LogP contribution in [0, 0.1) is 0 Å². The van der Waals surface area contributed by atoms with Crippen molar-refractivity contribution in [3.63, 3.8) is 0 Å². The third-order valence-corrected chi connectivity index (χ3v) is 3.52. The molecular weight excluding hydrogens is 312 g/mol. The molecule has 0 aliphatic rings. The molecule has 1 heterocycles. The van der Waals surface area contributed by atoms with E-state index in [0.29, 0.717) is 6.42 Å². The van der Waals surface area contributed by atoms with E-state index in [1.807, 2.05) is 0 Å². The van der Waals surface area contributed by atoms with Crippen molar-refractivity contribution >= 4 is 5.97 Å². The molecule has 0 amide bonds. The highest BCUT2D eigenvalue weighted by Gasteiger charge is 1.98. The molecule has 0 saturated heterocycles. The lowest BCUT2D eigenvalue weighted by atomic mass is 10.1. The van der Waals surface area contributed by atoms with Crippen LogP contribution < -0.4 is 5.43 Å². The summed E-state index contributed by atoms with van der Waals surface area (Å²) in [5.74, 6) is -0.965. The van der Waals surface area contributed by atoms with Gasteiger partial charge in [0.05, 0.1) is 0 Å². The van der Waals surface area contributed by atoms with Crippen LogP contribution in [0.25, 0.3) is 0 Å². The highest BCUT2D eigenvalue weighted by Crippen LogP contribution is 2.10. The van der Waals surface area contributed by atoms with Crippen molar-refractivity contribution < 1.29 is 24.5 Å². The number of aliphatic hydroxyl groups excluding tert-OH is 1. The Bertz CT molecular complexity index is 495. The summed E-state index contributed by atoms with van der Waals surface area (Å²) in [7, 11) is 0. The Morgan fingerprint density at radius 2 is 1.58 bits per heavy atom. The summed E-state index contributed by atoms with van der Waals surface area (Å²) < 4.78 is 4.59. The van der Waals surface area contributed by atoms with Gasteiger partial charge in [0.2, 0.25) is 5.43 Å². The van der Waals surface area contributed by atoms with Crippen molar-refractivity contribution in [2.75, 3.05) is 0 Å². The third kappa shape index (κ3) is 12.7. The van der Waals surface area contributed by atoms with Gasteiger partial charge in [0.1, 0.15) is 18.6 Å². The van der Waals surface area contributed by atoms with Crippen LogP contribution in [-0.2, 0) is 11.4 Å². The molecule has 0 bridgehead atoms. The zero-order valence-electron chi connectivity index (χ0n) is 14.5. The van der Waals surface area contributed by atoms with Crippen molar-refractivity contribution in [3.8, 4) is 5.75 Å². The van der Waals surface area contributed by atoms with Gasteiger partial charge in [-0.1, -0.05) is 58.3 Å². The molecule has 0 aromatic carbocycles. The molecule has 0 aliphatic carbocycles. The predicted octanol–water partition coefficient (Wildman–Crippen LogP) is 3.83. The second kappa shape index (κ2) is 14.8. The molecule has 0 aliphatic heterocycles. The largest absolute Gasteiger partial charge is 0.502 e. The maximum Gasteiger partial charge on any atom is 0.303 e. The standard InChI is InChI=1S/C12H24O2.C6H6O4/c1-2-3-4-5-6-7-8-9-10-11-12(13)14;7-2-4-1-5(8)6(9)3-10-4/h2-11H2,1H3,(H,13,14);1,3,7,9H,2H2. The molecule has 24 heavy (non-hydrogen) atoms. The Morgan fingerprint density at radius 1 is 1.04 bits per heavy atom. The number of rotatable bonds is 11. The summed E-state index contributed by atoms with van der Waals surface area (Å²) in [6, 6.07) is 1.04. The molecule has 6 nitrogen and oxygen atoms in total. The molecule has 0 saturated carbocycles. The van der Waals surface area contributed by atoms with Crippen molar-refractivity contribution in [3.05, 3.63) is 28.3 Å². The van der Waals surface area contributed by atoms with E-state index in [9.17, 15) is 9.59 Å². The molecule has 0 fully saturated rings. The molecular formula is C18H30O6. The lowest BCUT2D eigenvalue weighted by Crippen LogP contribution is -1.99. The van der Waals surface area contributed by atoms with Crippen molar-refractivity contribution in [1.82, 2.24) is 0 Å². The van der Waals surface area contributed by atoms with Gasteiger partial charge in [0.15, 0.2) is 5.75 Å². The molecule has 0 spiro atoms. The van der Waals surface area contributed by atoms with E-state index in [1.54, 1.807) is 0 Å². The molecule has 138 valence electrons. The minimum atomic E-state index is -0.659. The number of unbranched alkanes of at least 4 members (excludes halogenated alkanes) is 8. The summed E-state index contributed by atoms with van der Waals surface area (Å²) >= 11 is 0. The second-order valence-corrected chi connectivity index (χ2v) is 5.73.